The van der Waals surface area contributed by atoms with Gasteiger partial charge < -0.3 is 9.80 Å². The molecule has 6 nitrogen and oxygen atoms in total. The third-order valence-electron chi connectivity index (χ3n) is 5.86. The van der Waals surface area contributed by atoms with Crippen LogP contribution in [0.4, 0.5) is 24.7 Å². The summed E-state index contributed by atoms with van der Waals surface area (Å²) in [6.45, 7) is 0.845. The Bertz CT molecular complexity index is 1120. The Balaban J connectivity index is 1.69. The van der Waals surface area contributed by atoms with Gasteiger partial charge in [0.1, 0.15) is 16.7 Å². The molecule has 3 unspecified atom stereocenters. The van der Waals surface area contributed by atoms with Crippen LogP contribution in [-0.2, 0) is 10.0 Å². The van der Waals surface area contributed by atoms with Gasteiger partial charge >= 0.3 is 0 Å². The molecule has 0 amide bonds. The van der Waals surface area contributed by atoms with E-state index in [4.69, 9.17) is 11.6 Å². The van der Waals surface area contributed by atoms with E-state index >= 15 is 4.39 Å². The van der Waals surface area contributed by atoms with Crippen LogP contribution in [0.5, 0.6) is 0 Å². The lowest BCUT2D eigenvalue weighted by atomic mass is 9.89. The Hall–Kier alpha value is -2.04. The van der Waals surface area contributed by atoms with E-state index in [1.165, 1.54) is 12.1 Å². The van der Waals surface area contributed by atoms with Crippen LogP contribution in [-0.4, -0.2) is 51.0 Å². The molecule has 168 valence electrons. The minimum absolute atomic E-state index is 0.0841. The molecule has 2 fully saturated rings. The van der Waals surface area contributed by atoms with Crippen LogP contribution in [0.2, 0.25) is 5.02 Å². The second kappa shape index (κ2) is 8.14. The molecule has 4 rings (SSSR count). The largest absolute Gasteiger partial charge is 0.364 e. The topological polar surface area (TPSA) is 65.5 Å². The molecule has 2 aliphatic heterocycles. The predicted molar refractivity (Wildman–Crippen MR) is 112 cm³/mol. The summed E-state index contributed by atoms with van der Waals surface area (Å²) in [5, 5.41) is -0.448. The van der Waals surface area contributed by atoms with Gasteiger partial charge in [-0.15, -0.1) is 0 Å². The summed E-state index contributed by atoms with van der Waals surface area (Å²) >= 11 is 6.23. The molecule has 0 radical (unpaired) electrons. The fourth-order valence-electron chi connectivity index (χ4n) is 4.81. The third-order valence-corrected chi connectivity index (χ3v) is 7.61. The van der Waals surface area contributed by atoms with Crippen molar-refractivity contribution in [3.8, 4) is 0 Å². The zero-order valence-electron chi connectivity index (χ0n) is 16.9. The van der Waals surface area contributed by atoms with Crippen molar-refractivity contribution >= 4 is 33.1 Å². The number of nitrogens with zero attached hydrogens (tertiary/aromatic N) is 3. The van der Waals surface area contributed by atoms with Crippen molar-refractivity contribution < 1.29 is 21.6 Å². The van der Waals surface area contributed by atoms with Gasteiger partial charge in [0, 0.05) is 24.7 Å². The highest BCUT2D eigenvalue weighted by atomic mass is 35.5. The molecule has 1 aromatic heterocycles. The summed E-state index contributed by atoms with van der Waals surface area (Å²) in [4.78, 5) is 6.15. The summed E-state index contributed by atoms with van der Waals surface area (Å²) in [6, 6.07) is 4.56. The van der Waals surface area contributed by atoms with Crippen molar-refractivity contribution in [1.29, 1.82) is 0 Å². The number of halogens is 4. The Labute approximate surface area is 184 Å². The maximum Gasteiger partial charge on any atom is 0.268 e. The molecule has 2 aromatic rings. The van der Waals surface area contributed by atoms with Crippen LogP contribution in [0.25, 0.3) is 0 Å². The Morgan fingerprint density at radius 3 is 2.68 bits per heavy atom. The molecule has 11 heteroatoms. The van der Waals surface area contributed by atoms with E-state index in [-0.39, 0.29) is 17.8 Å². The fraction of sp³-hybridized carbons (Fsp3) is 0.450. The van der Waals surface area contributed by atoms with Crippen molar-refractivity contribution in [2.45, 2.75) is 36.2 Å². The van der Waals surface area contributed by atoms with Gasteiger partial charge in [-0.25, -0.2) is 22.2 Å². The minimum Gasteiger partial charge on any atom is -0.364 e. The first-order valence-corrected chi connectivity index (χ1v) is 11.7. The van der Waals surface area contributed by atoms with Crippen molar-refractivity contribution in [1.82, 2.24) is 9.88 Å². The van der Waals surface area contributed by atoms with Crippen LogP contribution in [0.3, 0.4) is 0 Å². The molecule has 2 aliphatic rings. The highest BCUT2D eigenvalue weighted by Crippen LogP contribution is 2.48. The van der Waals surface area contributed by atoms with Gasteiger partial charge in [-0.05, 0) is 51.4 Å². The van der Waals surface area contributed by atoms with Crippen LogP contribution in [0.15, 0.2) is 29.2 Å². The Morgan fingerprint density at radius 2 is 2.00 bits per heavy atom. The first kappa shape index (κ1) is 22.2. The van der Waals surface area contributed by atoms with Gasteiger partial charge in [0.25, 0.3) is 10.0 Å². The number of sulfonamides is 1. The van der Waals surface area contributed by atoms with E-state index in [2.05, 4.69) is 9.88 Å². The molecule has 2 saturated heterocycles. The van der Waals surface area contributed by atoms with Crippen LogP contribution >= 0.6 is 11.6 Å². The lowest BCUT2D eigenvalue weighted by Gasteiger charge is -2.29. The average molecular weight is 475 g/mol. The molecule has 3 heterocycles. The van der Waals surface area contributed by atoms with E-state index in [1.54, 1.807) is 0 Å². The lowest BCUT2D eigenvalue weighted by molar-refractivity contribution is 0.287. The molecule has 1 aromatic carbocycles. The van der Waals surface area contributed by atoms with Gasteiger partial charge in [-0.3, -0.25) is 4.72 Å². The van der Waals surface area contributed by atoms with Gasteiger partial charge in [-0.1, -0.05) is 17.7 Å². The minimum atomic E-state index is -4.73. The first-order chi connectivity index (χ1) is 14.6. The van der Waals surface area contributed by atoms with Crippen LogP contribution in [0, 0.1) is 23.5 Å². The number of hydrogen-bond donors (Lipinski definition) is 1. The number of rotatable bonds is 6. The standard InChI is InChI=1S/C20H22ClF3N4O2S/c1-27(2)10-11-8-12-6-7-14(11)28(12)15-9-13(22)20(19(24)18(15)21)31(29,30)26-17-5-3-4-16(23)25-17/h3-5,9,11-12,14H,6-8,10H2,1-2H3,(H,25,26). The lowest BCUT2D eigenvalue weighted by Crippen LogP contribution is -2.34. The van der Waals surface area contributed by atoms with E-state index < -0.39 is 43.3 Å². The Morgan fingerprint density at radius 1 is 1.26 bits per heavy atom. The molecule has 1 N–H and O–H groups in total. The van der Waals surface area contributed by atoms with Gasteiger partial charge in [0.15, 0.2) is 10.7 Å². The van der Waals surface area contributed by atoms with Crippen molar-refractivity contribution in [3.05, 3.63) is 46.9 Å². The number of hydrogen-bond acceptors (Lipinski definition) is 5. The average Bonchev–Trinajstić information content (AvgIpc) is 3.21. The fourth-order valence-corrected chi connectivity index (χ4v) is 6.25. The van der Waals surface area contributed by atoms with Gasteiger partial charge in [-0.2, -0.15) is 4.39 Å². The van der Waals surface area contributed by atoms with Gasteiger partial charge in [0.05, 0.1) is 5.69 Å². The highest BCUT2D eigenvalue weighted by Gasteiger charge is 2.47. The maximum absolute atomic E-state index is 15.1. The van der Waals surface area contributed by atoms with Crippen molar-refractivity contribution in [2.75, 3.05) is 30.3 Å². The maximum atomic E-state index is 15.1. The monoisotopic (exact) mass is 474 g/mol. The zero-order valence-corrected chi connectivity index (χ0v) is 18.5. The predicted octanol–water partition coefficient (Wildman–Crippen LogP) is 3.87. The number of aromatic nitrogens is 1. The zero-order chi connectivity index (χ0) is 22.5. The summed E-state index contributed by atoms with van der Waals surface area (Å²) in [6.07, 6.45) is 2.66. The molecule has 0 aliphatic carbocycles. The van der Waals surface area contributed by atoms with E-state index in [9.17, 15) is 17.2 Å². The number of fused-ring (bicyclic) bond motifs is 2. The SMILES string of the molecule is CN(C)CC1CC2CCC1N2c1cc(F)c(S(=O)(=O)Nc2cccc(F)n2)c(F)c1Cl. The summed E-state index contributed by atoms with van der Waals surface area (Å²) in [5.74, 6) is -3.65. The van der Waals surface area contributed by atoms with Crippen LogP contribution in [0.1, 0.15) is 19.3 Å². The van der Waals surface area contributed by atoms with E-state index in [1.807, 2.05) is 23.7 Å². The second-order valence-electron chi connectivity index (χ2n) is 8.25. The van der Waals surface area contributed by atoms with Crippen LogP contribution < -0.4 is 9.62 Å². The molecular formula is C20H22ClF3N4O2S. The summed E-state index contributed by atoms with van der Waals surface area (Å²) < 4.78 is 70.5. The second-order valence-corrected chi connectivity index (χ2v) is 10.2. The van der Waals surface area contributed by atoms with Crippen molar-refractivity contribution in [2.24, 2.45) is 5.92 Å². The quantitative estimate of drug-likeness (QED) is 0.508. The molecule has 2 bridgehead atoms. The third kappa shape index (κ3) is 4.08. The number of anilines is 2. The number of pyridine rings is 1. The first-order valence-electron chi connectivity index (χ1n) is 9.84. The van der Waals surface area contributed by atoms with Gasteiger partial charge in [0.2, 0.25) is 5.95 Å². The highest BCUT2D eigenvalue weighted by molar-refractivity contribution is 7.92. The smallest absolute Gasteiger partial charge is 0.268 e. The Kier molecular flexibility index (Phi) is 5.82. The molecular weight excluding hydrogens is 453 g/mol. The van der Waals surface area contributed by atoms with E-state index in [0.29, 0.717) is 5.92 Å². The molecule has 31 heavy (non-hydrogen) atoms. The molecule has 0 saturated carbocycles. The molecule has 3 atom stereocenters. The number of nitrogens with one attached hydrogen (secondary N) is 1. The molecule has 0 spiro atoms. The van der Waals surface area contributed by atoms with Crippen molar-refractivity contribution in [3.63, 3.8) is 0 Å². The van der Waals surface area contributed by atoms with E-state index in [0.717, 1.165) is 37.9 Å². The number of benzene rings is 1. The summed E-state index contributed by atoms with van der Waals surface area (Å²) in [7, 11) is -0.781. The summed E-state index contributed by atoms with van der Waals surface area (Å²) in [5.41, 5.74) is 0.160. The normalized spacial score (nSPS) is 23.1.